The van der Waals surface area contributed by atoms with E-state index in [9.17, 15) is 9.59 Å². The van der Waals surface area contributed by atoms with Gasteiger partial charge in [0.05, 0.1) is 20.3 Å². The lowest BCUT2D eigenvalue weighted by atomic mass is 10.1. The Kier molecular flexibility index (Phi) is 7.70. The zero-order chi connectivity index (χ0) is 16.4. The van der Waals surface area contributed by atoms with Crippen LogP contribution in [0.25, 0.3) is 6.08 Å². The van der Waals surface area contributed by atoms with E-state index >= 15 is 0 Å². The molecule has 0 aliphatic rings. The molecule has 0 unspecified atom stereocenters. The van der Waals surface area contributed by atoms with Gasteiger partial charge in [-0.15, -0.1) is 0 Å². The highest BCUT2D eigenvalue weighted by atomic mass is 16.5. The maximum atomic E-state index is 11.7. The van der Waals surface area contributed by atoms with Gasteiger partial charge in [0.2, 0.25) is 11.8 Å². The SMILES string of the molecule is COCCNC(=O)CNC(=O)/C=C/c1cc(C)ccc1OC. The molecule has 0 saturated carbocycles. The van der Waals surface area contributed by atoms with E-state index in [1.165, 1.54) is 6.08 Å². The van der Waals surface area contributed by atoms with Crippen molar-refractivity contribution in [3.8, 4) is 5.75 Å². The third-order valence-corrected chi connectivity index (χ3v) is 2.85. The molecule has 6 heteroatoms. The summed E-state index contributed by atoms with van der Waals surface area (Å²) < 4.78 is 10.0. The number of carbonyl (C=O) groups excluding carboxylic acids is 2. The zero-order valence-electron chi connectivity index (χ0n) is 13.1. The van der Waals surface area contributed by atoms with Gasteiger partial charge in [0.1, 0.15) is 5.75 Å². The van der Waals surface area contributed by atoms with E-state index < -0.39 is 0 Å². The summed E-state index contributed by atoms with van der Waals surface area (Å²) >= 11 is 0. The summed E-state index contributed by atoms with van der Waals surface area (Å²) in [5, 5.41) is 5.13. The number of rotatable bonds is 8. The predicted octanol–water partition coefficient (Wildman–Crippen LogP) is 0.896. The van der Waals surface area contributed by atoms with Gasteiger partial charge in [-0.05, 0) is 25.1 Å². The number of hydrogen-bond donors (Lipinski definition) is 2. The molecule has 0 aliphatic carbocycles. The molecule has 6 nitrogen and oxygen atoms in total. The van der Waals surface area contributed by atoms with Gasteiger partial charge in [0, 0.05) is 25.3 Å². The quantitative estimate of drug-likeness (QED) is 0.552. The van der Waals surface area contributed by atoms with E-state index in [-0.39, 0.29) is 18.4 Å². The van der Waals surface area contributed by atoms with Crippen LogP contribution in [0.4, 0.5) is 0 Å². The number of carbonyl (C=O) groups is 2. The Morgan fingerprint density at radius 2 is 2.00 bits per heavy atom. The standard InChI is InChI=1S/C16H22N2O4/c1-12-4-6-14(22-3)13(10-12)5-7-15(19)18-11-16(20)17-8-9-21-2/h4-7,10H,8-9,11H2,1-3H3,(H,17,20)(H,18,19)/b7-5+. The fourth-order valence-corrected chi connectivity index (χ4v) is 1.73. The highest BCUT2D eigenvalue weighted by Gasteiger charge is 2.03. The second-order valence-corrected chi connectivity index (χ2v) is 4.64. The Bertz CT molecular complexity index is 541. The summed E-state index contributed by atoms with van der Waals surface area (Å²) in [5.74, 6) is 0.0874. The summed E-state index contributed by atoms with van der Waals surface area (Å²) in [4.78, 5) is 23.1. The number of methoxy groups -OCH3 is 2. The van der Waals surface area contributed by atoms with Gasteiger partial charge < -0.3 is 20.1 Å². The monoisotopic (exact) mass is 306 g/mol. The van der Waals surface area contributed by atoms with Crippen molar-refractivity contribution >= 4 is 17.9 Å². The molecule has 0 radical (unpaired) electrons. The minimum Gasteiger partial charge on any atom is -0.496 e. The maximum Gasteiger partial charge on any atom is 0.244 e. The second-order valence-electron chi connectivity index (χ2n) is 4.64. The van der Waals surface area contributed by atoms with E-state index in [4.69, 9.17) is 9.47 Å². The molecular weight excluding hydrogens is 284 g/mol. The normalized spacial score (nSPS) is 10.5. The number of ether oxygens (including phenoxy) is 2. The molecule has 0 fully saturated rings. The van der Waals surface area contributed by atoms with Crippen molar-refractivity contribution in [3.05, 3.63) is 35.4 Å². The van der Waals surface area contributed by atoms with Crippen LogP contribution in [-0.4, -0.2) is 45.7 Å². The maximum absolute atomic E-state index is 11.7. The van der Waals surface area contributed by atoms with Crippen LogP contribution in [-0.2, 0) is 14.3 Å². The largest absolute Gasteiger partial charge is 0.496 e. The van der Waals surface area contributed by atoms with Gasteiger partial charge in [-0.25, -0.2) is 0 Å². The fraction of sp³-hybridized carbons (Fsp3) is 0.375. The van der Waals surface area contributed by atoms with Crippen molar-refractivity contribution in [2.75, 3.05) is 33.9 Å². The number of nitrogens with one attached hydrogen (secondary N) is 2. The van der Waals surface area contributed by atoms with Gasteiger partial charge in [-0.1, -0.05) is 11.6 Å². The summed E-state index contributed by atoms with van der Waals surface area (Å²) in [7, 11) is 3.13. The highest BCUT2D eigenvalue weighted by Crippen LogP contribution is 2.20. The molecule has 22 heavy (non-hydrogen) atoms. The highest BCUT2D eigenvalue weighted by molar-refractivity contribution is 5.94. The Morgan fingerprint density at radius 1 is 1.23 bits per heavy atom. The molecular formula is C16H22N2O4. The van der Waals surface area contributed by atoms with Crippen molar-refractivity contribution in [1.82, 2.24) is 10.6 Å². The van der Waals surface area contributed by atoms with Gasteiger partial charge in [-0.2, -0.15) is 0 Å². The number of hydrogen-bond acceptors (Lipinski definition) is 4. The Balaban J connectivity index is 2.48. The molecule has 2 amide bonds. The first-order valence-corrected chi connectivity index (χ1v) is 6.93. The molecule has 120 valence electrons. The lowest BCUT2D eigenvalue weighted by Gasteiger charge is -2.06. The topological polar surface area (TPSA) is 76.7 Å². The number of amides is 2. The smallest absolute Gasteiger partial charge is 0.244 e. The first-order chi connectivity index (χ1) is 10.6. The van der Waals surface area contributed by atoms with Crippen LogP contribution in [0.3, 0.4) is 0 Å². The van der Waals surface area contributed by atoms with Gasteiger partial charge >= 0.3 is 0 Å². The zero-order valence-corrected chi connectivity index (χ0v) is 13.1. The van der Waals surface area contributed by atoms with Gasteiger partial charge in [0.15, 0.2) is 0 Å². The molecule has 0 atom stereocenters. The van der Waals surface area contributed by atoms with Crippen LogP contribution in [0.2, 0.25) is 0 Å². The lowest BCUT2D eigenvalue weighted by Crippen LogP contribution is -2.37. The number of benzene rings is 1. The molecule has 1 aromatic carbocycles. The molecule has 1 aromatic rings. The third kappa shape index (κ3) is 6.41. The minimum absolute atomic E-state index is 0.0716. The van der Waals surface area contributed by atoms with Crippen molar-refractivity contribution in [3.63, 3.8) is 0 Å². The summed E-state index contributed by atoms with van der Waals surface area (Å²) in [6.45, 7) is 2.74. The average molecular weight is 306 g/mol. The third-order valence-electron chi connectivity index (χ3n) is 2.85. The molecule has 0 saturated heterocycles. The second kappa shape index (κ2) is 9.57. The molecule has 2 N–H and O–H groups in total. The average Bonchev–Trinajstić information content (AvgIpc) is 2.51. The van der Waals surface area contributed by atoms with E-state index in [1.54, 1.807) is 20.3 Å². The predicted molar refractivity (Wildman–Crippen MR) is 84.7 cm³/mol. The van der Waals surface area contributed by atoms with Gasteiger partial charge in [-0.3, -0.25) is 9.59 Å². The Labute approximate surface area is 130 Å². The van der Waals surface area contributed by atoms with Crippen molar-refractivity contribution in [2.45, 2.75) is 6.92 Å². The van der Waals surface area contributed by atoms with Crippen LogP contribution in [0.5, 0.6) is 5.75 Å². The number of aryl methyl sites for hydroxylation is 1. The van der Waals surface area contributed by atoms with E-state index in [0.29, 0.717) is 18.9 Å². The van der Waals surface area contributed by atoms with Gasteiger partial charge in [0.25, 0.3) is 0 Å². The molecule has 0 aromatic heterocycles. The molecule has 0 bridgehead atoms. The van der Waals surface area contributed by atoms with E-state index in [1.807, 2.05) is 25.1 Å². The van der Waals surface area contributed by atoms with Crippen molar-refractivity contribution in [2.24, 2.45) is 0 Å². The molecule has 1 rings (SSSR count). The van der Waals surface area contributed by atoms with Crippen LogP contribution in [0.15, 0.2) is 24.3 Å². The first kappa shape index (κ1) is 17.7. The fourth-order valence-electron chi connectivity index (χ4n) is 1.73. The minimum atomic E-state index is -0.342. The Morgan fingerprint density at radius 3 is 2.68 bits per heavy atom. The summed E-state index contributed by atoms with van der Waals surface area (Å²) in [6.07, 6.45) is 3.03. The first-order valence-electron chi connectivity index (χ1n) is 6.93. The molecule has 0 aliphatic heterocycles. The van der Waals surface area contributed by atoms with Crippen molar-refractivity contribution < 1.29 is 19.1 Å². The lowest BCUT2D eigenvalue weighted by molar-refractivity contribution is -0.124. The van der Waals surface area contributed by atoms with E-state index in [0.717, 1.165) is 11.1 Å². The summed E-state index contributed by atoms with van der Waals surface area (Å²) in [6, 6.07) is 5.69. The van der Waals surface area contributed by atoms with Crippen LogP contribution >= 0.6 is 0 Å². The van der Waals surface area contributed by atoms with Crippen LogP contribution in [0, 0.1) is 6.92 Å². The van der Waals surface area contributed by atoms with Crippen LogP contribution < -0.4 is 15.4 Å². The molecule has 0 heterocycles. The van der Waals surface area contributed by atoms with Crippen LogP contribution in [0.1, 0.15) is 11.1 Å². The van der Waals surface area contributed by atoms with E-state index in [2.05, 4.69) is 10.6 Å². The van der Waals surface area contributed by atoms with Crippen molar-refractivity contribution in [1.29, 1.82) is 0 Å². The summed E-state index contributed by atoms with van der Waals surface area (Å²) in [5.41, 5.74) is 1.88. The Hall–Kier alpha value is -2.34. The molecule has 0 spiro atoms.